The molecular formula is C25H33NO4. The van der Waals surface area contributed by atoms with Crippen molar-refractivity contribution in [2.24, 2.45) is 5.92 Å². The van der Waals surface area contributed by atoms with Gasteiger partial charge in [0.05, 0.1) is 31.0 Å². The van der Waals surface area contributed by atoms with Crippen molar-refractivity contribution in [2.45, 2.75) is 69.8 Å². The van der Waals surface area contributed by atoms with Crippen LogP contribution < -0.4 is 10.1 Å². The molecule has 3 fully saturated rings. The van der Waals surface area contributed by atoms with E-state index in [9.17, 15) is 4.79 Å². The zero-order valence-corrected chi connectivity index (χ0v) is 18.4. The van der Waals surface area contributed by atoms with Crippen molar-refractivity contribution in [2.75, 3.05) is 13.7 Å². The number of nitrogens with one attached hydrogen (secondary N) is 1. The van der Waals surface area contributed by atoms with Crippen LogP contribution in [-0.2, 0) is 14.3 Å². The average Bonchev–Trinajstić information content (AvgIpc) is 3.64. The molecule has 0 unspecified atom stereocenters. The average molecular weight is 412 g/mol. The summed E-state index contributed by atoms with van der Waals surface area (Å²) in [5.74, 6) is 1.08. The fourth-order valence-corrected chi connectivity index (χ4v) is 4.88. The van der Waals surface area contributed by atoms with Crippen molar-refractivity contribution in [1.29, 1.82) is 0 Å². The standard InChI is InChI=1S/C25H33NO4/c1-17(2)5-11-22-24(3,30-22)21-15-19(13-14-25(21)16-29-25)26-23(27)12-8-18-6-9-20(28-4)10-7-18/h5-10,12,19,21-22H,11,13-16H2,1-4H3,(H,26,27)/b12-8+/t19-,21-,22-,24+,25+/m1/s1. The van der Waals surface area contributed by atoms with Crippen LogP contribution in [0.5, 0.6) is 5.75 Å². The number of carbonyl (C=O) groups is 1. The quantitative estimate of drug-likeness (QED) is 0.413. The van der Waals surface area contributed by atoms with E-state index < -0.39 is 0 Å². The van der Waals surface area contributed by atoms with E-state index in [1.54, 1.807) is 13.2 Å². The Labute approximate surface area is 179 Å². The van der Waals surface area contributed by atoms with Crippen LogP contribution in [-0.4, -0.2) is 43.0 Å². The molecule has 0 bridgehead atoms. The molecule has 1 saturated carbocycles. The van der Waals surface area contributed by atoms with Crippen LogP contribution in [0.1, 0.15) is 52.0 Å². The first-order valence-corrected chi connectivity index (χ1v) is 10.9. The van der Waals surface area contributed by atoms with Gasteiger partial charge >= 0.3 is 0 Å². The highest BCUT2D eigenvalue weighted by Gasteiger charge is 2.68. The summed E-state index contributed by atoms with van der Waals surface area (Å²) < 4.78 is 17.3. The van der Waals surface area contributed by atoms with Crippen molar-refractivity contribution < 1.29 is 19.0 Å². The van der Waals surface area contributed by atoms with Gasteiger partial charge in [0.15, 0.2) is 0 Å². The predicted octanol–water partition coefficient (Wildman–Crippen LogP) is 4.28. The van der Waals surface area contributed by atoms with E-state index >= 15 is 0 Å². The van der Waals surface area contributed by atoms with Crippen molar-refractivity contribution in [1.82, 2.24) is 5.32 Å². The molecule has 2 aliphatic heterocycles. The third-order valence-electron chi connectivity index (χ3n) is 6.89. The maximum Gasteiger partial charge on any atom is 0.244 e. The largest absolute Gasteiger partial charge is 0.497 e. The van der Waals surface area contributed by atoms with E-state index in [1.165, 1.54) is 5.57 Å². The fraction of sp³-hybridized carbons (Fsp3) is 0.560. The molecule has 1 aromatic rings. The second-order valence-corrected chi connectivity index (χ2v) is 9.30. The molecule has 5 nitrogen and oxygen atoms in total. The molecule has 1 aliphatic carbocycles. The monoisotopic (exact) mass is 411 g/mol. The van der Waals surface area contributed by atoms with Gasteiger partial charge in [-0.2, -0.15) is 0 Å². The lowest BCUT2D eigenvalue weighted by atomic mass is 9.69. The van der Waals surface area contributed by atoms with Gasteiger partial charge in [-0.05, 0) is 70.2 Å². The second-order valence-electron chi connectivity index (χ2n) is 9.30. The minimum absolute atomic E-state index is 0.0331. The summed E-state index contributed by atoms with van der Waals surface area (Å²) in [5, 5.41) is 3.20. The van der Waals surface area contributed by atoms with Crippen molar-refractivity contribution >= 4 is 12.0 Å². The Morgan fingerprint density at radius 3 is 2.67 bits per heavy atom. The highest BCUT2D eigenvalue weighted by Crippen LogP contribution is 2.58. The summed E-state index contributed by atoms with van der Waals surface area (Å²) in [6.45, 7) is 7.29. The molecule has 1 amide bonds. The lowest BCUT2D eigenvalue weighted by Crippen LogP contribution is -2.48. The van der Waals surface area contributed by atoms with Gasteiger partial charge < -0.3 is 19.5 Å². The van der Waals surface area contributed by atoms with Gasteiger partial charge in [0.2, 0.25) is 5.91 Å². The fourth-order valence-electron chi connectivity index (χ4n) is 4.88. The number of hydrogen-bond donors (Lipinski definition) is 1. The molecule has 1 N–H and O–H groups in total. The van der Waals surface area contributed by atoms with Gasteiger partial charge in [0, 0.05) is 18.0 Å². The normalized spacial score (nSPS) is 34.6. The first kappa shape index (κ1) is 21.1. The number of carbonyl (C=O) groups excluding carboxylic acids is 1. The molecule has 2 heterocycles. The van der Waals surface area contributed by atoms with Crippen LogP contribution in [0.4, 0.5) is 0 Å². The zero-order valence-electron chi connectivity index (χ0n) is 18.4. The molecule has 0 radical (unpaired) electrons. The highest BCUT2D eigenvalue weighted by atomic mass is 16.6. The van der Waals surface area contributed by atoms with Crippen LogP contribution in [0, 0.1) is 5.92 Å². The highest BCUT2D eigenvalue weighted by molar-refractivity contribution is 5.91. The maximum absolute atomic E-state index is 12.5. The number of allylic oxidation sites excluding steroid dienone is 1. The Kier molecular flexibility index (Phi) is 5.78. The van der Waals surface area contributed by atoms with E-state index in [0.717, 1.165) is 43.6 Å². The number of benzene rings is 1. The van der Waals surface area contributed by atoms with E-state index in [0.29, 0.717) is 5.92 Å². The van der Waals surface area contributed by atoms with Gasteiger partial charge in [-0.25, -0.2) is 0 Å². The second kappa shape index (κ2) is 8.20. The van der Waals surface area contributed by atoms with E-state index in [4.69, 9.17) is 14.2 Å². The summed E-state index contributed by atoms with van der Waals surface area (Å²) >= 11 is 0. The SMILES string of the molecule is COc1ccc(/C=C/C(=O)N[C@@H]2CC[C@]3(CO3)[C@@H]([C@]3(C)O[C@@H]3CC=C(C)C)C2)cc1. The summed E-state index contributed by atoms with van der Waals surface area (Å²) in [5.41, 5.74) is 2.11. The molecule has 5 atom stereocenters. The first-order valence-electron chi connectivity index (χ1n) is 10.9. The number of rotatable bonds is 7. The van der Waals surface area contributed by atoms with Crippen LogP contribution >= 0.6 is 0 Å². The maximum atomic E-state index is 12.5. The van der Waals surface area contributed by atoms with Gasteiger partial charge in [0.25, 0.3) is 0 Å². The third-order valence-corrected chi connectivity index (χ3v) is 6.89. The summed E-state index contributed by atoms with van der Waals surface area (Å²) in [4.78, 5) is 12.5. The number of hydrogen-bond acceptors (Lipinski definition) is 4. The van der Waals surface area contributed by atoms with Gasteiger partial charge in [-0.1, -0.05) is 23.8 Å². The van der Waals surface area contributed by atoms with Gasteiger partial charge in [-0.15, -0.1) is 0 Å². The van der Waals surface area contributed by atoms with E-state index in [-0.39, 0.29) is 29.3 Å². The molecule has 1 spiro atoms. The first-order chi connectivity index (χ1) is 14.3. The number of ether oxygens (including phenoxy) is 3. The predicted molar refractivity (Wildman–Crippen MR) is 117 cm³/mol. The summed E-state index contributed by atoms with van der Waals surface area (Å²) in [6.07, 6.45) is 9.75. The van der Waals surface area contributed by atoms with Crippen molar-refractivity contribution in [3.8, 4) is 5.75 Å². The van der Waals surface area contributed by atoms with Gasteiger partial charge in [0.1, 0.15) is 5.75 Å². The Morgan fingerprint density at radius 2 is 2.03 bits per heavy atom. The molecule has 1 aromatic carbocycles. The molecule has 5 heteroatoms. The molecule has 2 saturated heterocycles. The Balaban J connectivity index is 1.34. The topological polar surface area (TPSA) is 63.4 Å². The van der Waals surface area contributed by atoms with Crippen LogP contribution in [0.2, 0.25) is 0 Å². The number of epoxide rings is 2. The number of methoxy groups -OCH3 is 1. The molecule has 162 valence electrons. The van der Waals surface area contributed by atoms with E-state index in [2.05, 4.69) is 32.2 Å². The molecule has 0 aromatic heterocycles. The molecular weight excluding hydrogens is 378 g/mol. The van der Waals surface area contributed by atoms with Crippen molar-refractivity contribution in [3.05, 3.63) is 47.6 Å². The zero-order chi connectivity index (χ0) is 21.4. The Morgan fingerprint density at radius 1 is 1.30 bits per heavy atom. The van der Waals surface area contributed by atoms with Crippen LogP contribution in [0.25, 0.3) is 6.08 Å². The molecule has 3 aliphatic rings. The third kappa shape index (κ3) is 4.47. The minimum Gasteiger partial charge on any atom is -0.497 e. The van der Waals surface area contributed by atoms with Crippen LogP contribution in [0.3, 0.4) is 0 Å². The molecule has 30 heavy (non-hydrogen) atoms. The lowest BCUT2D eigenvalue weighted by molar-refractivity contribution is -0.117. The number of amides is 1. The van der Waals surface area contributed by atoms with Crippen LogP contribution in [0.15, 0.2) is 42.0 Å². The lowest BCUT2D eigenvalue weighted by Gasteiger charge is -2.37. The van der Waals surface area contributed by atoms with Crippen molar-refractivity contribution in [3.63, 3.8) is 0 Å². The Bertz CT molecular complexity index is 835. The molecule has 4 rings (SSSR count). The summed E-state index contributed by atoms with van der Waals surface area (Å²) in [7, 11) is 1.64. The van der Waals surface area contributed by atoms with Gasteiger partial charge in [-0.3, -0.25) is 4.79 Å². The minimum atomic E-state index is -0.148. The Hall–Kier alpha value is -2.11. The summed E-state index contributed by atoms with van der Waals surface area (Å²) in [6, 6.07) is 7.81. The smallest absolute Gasteiger partial charge is 0.244 e. The van der Waals surface area contributed by atoms with E-state index in [1.807, 2.05) is 30.3 Å².